The Bertz CT molecular complexity index is 311. The fourth-order valence-electron chi connectivity index (χ4n) is 1.71. The molecular weight excluding hydrogens is 200 g/mol. The fraction of sp³-hybridized carbons (Fsp3) is 0.556. The van der Waals surface area contributed by atoms with Crippen molar-refractivity contribution in [2.75, 3.05) is 25.0 Å². The predicted octanol–water partition coefficient (Wildman–Crippen LogP) is 0.928. The molecule has 1 aliphatic heterocycles. The van der Waals surface area contributed by atoms with Crippen molar-refractivity contribution in [1.29, 1.82) is 0 Å². The second-order valence-corrected chi connectivity index (χ2v) is 3.86. The van der Waals surface area contributed by atoms with E-state index in [4.69, 9.17) is 11.6 Å². The summed E-state index contributed by atoms with van der Waals surface area (Å²) < 4.78 is 0. The lowest BCUT2D eigenvalue weighted by molar-refractivity contribution is 0.677. The summed E-state index contributed by atoms with van der Waals surface area (Å²) in [4.78, 5) is 10.2. The third-order valence-corrected chi connectivity index (χ3v) is 2.83. The zero-order valence-electron chi connectivity index (χ0n) is 8.07. The Morgan fingerprint density at radius 1 is 1.64 bits per heavy atom. The summed E-state index contributed by atoms with van der Waals surface area (Å²) in [6, 6.07) is 0.488. The van der Waals surface area contributed by atoms with Gasteiger partial charge in [0, 0.05) is 19.6 Å². The van der Waals surface area contributed by atoms with Gasteiger partial charge in [0.05, 0.1) is 6.20 Å². The van der Waals surface area contributed by atoms with Crippen LogP contribution in [-0.2, 0) is 0 Å². The number of anilines is 1. The molecule has 0 amide bonds. The topological polar surface area (TPSA) is 41.1 Å². The summed E-state index contributed by atoms with van der Waals surface area (Å²) in [7, 11) is 2.02. The standard InChI is InChI=1S/C9H13ClN4/c1-14(7-2-3-11-4-7)9-8(10)5-12-6-13-9/h5-7,11H,2-4H2,1H3. The lowest BCUT2D eigenvalue weighted by Crippen LogP contribution is -2.34. The number of likely N-dealkylation sites (N-methyl/N-ethyl adjacent to an activating group) is 1. The zero-order chi connectivity index (χ0) is 9.97. The monoisotopic (exact) mass is 212 g/mol. The summed E-state index contributed by atoms with van der Waals surface area (Å²) in [5, 5.41) is 3.93. The van der Waals surface area contributed by atoms with Gasteiger partial charge >= 0.3 is 0 Å². The summed E-state index contributed by atoms with van der Waals surface area (Å²) >= 11 is 6.01. The lowest BCUT2D eigenvalue weighted by Gasteiger charge is -2.25. The molecule has 1 N–H and O–H groups in total. The second kappa shape index (κ2) is 4.11. The molecule has 1 aromatic rings. The van der Waals surface area contributed by atoms with E-state index in [0.717, 1.165) is 25.3 Å². The quantitative estimate of drug-likeness (QED) is 0.792. The average Bonchev–Trinajstić information content (AvgIpc) is 2.70. The smallest absolute Gasteiger partial charge is 0.150 e. The van der Waals surface area contributed by atoms with Crippen molar-refractivity contribution in [3.8, 4) is 0 Å². The van der Waals surface area contributed by atoms with E-state index in [1.54, 1.807) is 6.20 Å². The van der Waals surface area contributed by atoms with Gasteiger partial charge in [0.15, 0.2) is 5.82 Å². The lowest BCUT2D eigenvalue weighted by atomic mass is 10.2. The Kier molecular flexibility index (Phi) is 2.84. The van der Waals surface area contributed by atoms with Crippen LogP contribution in [0, 0.1) is 0 Å². The number of nitrogens with zero attached hydrogens (tertiary/aromatic N) is 3. The van der Waals surface area contributed by atoms with E-state index in [-0.39, 0.29) is 0 Å². The number of aromatic nitrogens is 2. The van der Waals surface area contributed by atoms with E-state index in [1.807, 2.05) is 7.05 Å². The van der Waals surface area contributed by atoms with Gasteiger partial charge in [-0.1, -0.05) is 11.6 Å². The molecule has 1 atom stereocenters. The average molecular weight is 213 g/mol. The molecule has 0 aromatic carbocycles. The number of nitrogens with one attached hydrogen (secondary N) is 1. The molecule has 2 heterocycles. The van der Waals surface area contributed by atoms with Crippen molar-refractivity contribution in [2.24, 2.45) is 0 Å². The number of halogens is 1. The van der Waals surface area contributed by atoms with Gasteiger partial charge in [0.2, 0.25) is 0 Å². The minimum Gasteiger partial charge on any atom is -0.354 e. The van der Waals surface area contributed by atoms with Crippen LogP contribution >= 0.6 is 11.6 Å². The molecule has 1 aliphatic rings. The minimum atomic E-state index is 0.488. The number of hydrogen-bond acceptors (Lipinski definition) is 4. The van der Waals surface area contributed by atoms with Crippen LogP contribution < -0.4 is 10.2 Å². The van der Waals surface area contributed by atoms with E-state index in [1.165, 1.54) is 6.33 Å². The minimum absolute atomic E-state index is 0.488. The highest BCUT2D eigenvalue weighted by atomic mass is 35.5. The van der Waals surface area contributed by atoms with E-state index in [0.29, 0.717) is 11.1 Å². The van der Waals surface area contributed by atoms with Crippen molar-refractivity contribution < 1.29 is 0 Å². The van der Waals surface area contributed by atoms with Gasteiger partial charge in [0.1, 0.15) is 11.3 Å². The van der Waals surface area contributed by atoms with E-state index >= 15 is 0 Å². The molecule has 14 heavy (non-hydrogen) atoms. The van der Waals surface area contributed by atoms with E-state index in [9.17, 15) is 0 Å². The summed E-state index contributed by atoms with van der Waals surface area (Å²) in [6.07, 6.45) is 4.29. The van der Waals surface area contributed by atoms with E-state index in [2.05, 4.69) is 20.2 Å². The van der Waals surface area contributed by atoms with Gasteiger partial charge < -0.3 is 10.2 Å². The largest absolute Gasteiger partial charge is 0.354 e. The number of hydrogen-bond donors (Lipinski definition) is 1. The molecule has 2 rings (SSSR count). The molecule has 0 aliphatic carbocycles. The first-order valence-electron chi connectivity index (χ1n) is 4.68. The van der Waals surface area contributed by atoms with Crippen molar-refractivity contribution in [3.63, 3.8) is 0 Å². The van der Waals surface area contributed by atoms with Crippen LogP contribution in [0.2, 0.25) is 5.02 Å². The third kappa shape index (κ3) is 1.81. The molecular formula is C9H13ClN4. The fourth-order valence-corrected chi connectivity index (χ4v) is 1.95. The first-order valence-corrected chi connectivity index (χ1v) is 5.06. The zero-order valence-corrected chi connectivity index (χ0v) is 8.83. The van der Waals surface area contributed by atoms with Crippen LogP contribution in [0.4, 0.5) is 5.82 Å². The van der Waals surface area contributed by atoms with Crippen LogP contribution in [0.3, 0.4) is 0 Å². The Hall–Kier alpha value is -0.870. The van der Waals surface area contributed by atoms with Crippen LogP contribution in [0.1, 0.15) is 6.42 Å². The van der Waals surface area contributed by atoms with Crippen LogP contribution in [0.25, 0.3) is 0 Å². The Morgan fingerprint density at radius 3 is 3.14 bits per heavy atom. The molecule has 0 radical (unpaired) electrons. The third-order valence-electron chi connectivity index (χ3n) is 2.56. The maximum atomic E-state index is 6.01. The Labute approximate surface area is 88.3 Å². The van der Waals surface area contributed by atoms with Crippen molar-refractivity contribution in [1.82, 2.24) is 15.3 Å². The first kappa shape index (κ1) is 9.68. The summed E-state index contributed by atoms with van der Waals surface area (Å²) in [5.41, 5.74) is 0. The number of rotatable bonds is 2. The predicted molar refractivity (Wildman–Crippen MR) is 56.7 cm³/mol. The maximum Gasteiger partial charge on any atom is 0.150 e. The van der Waals surface area contributed by atoms with Crippen LogP contribution in [-0.4, -0.2) is 36.1 Å². The van der Waals surface area contributed by atoms with Crippen molar-refractivity contribution in [2.45, 2.75) is 12.5 Å². The van der Waals surface area contributed by atoms with Gasteiger partial charge in [-0.3, -0.25) is 0 Å². The van der Waals surface area contributed by atoms with Crippen LogP contribution in [0.15, 0.2) is 12.5 Å². The first-order chi connectivity index (χ1) is 6.79. The molecule has 76 valence electrons. The van der Waals surface area contributed by atoms with Crippen LogP contribution in [0.5, 0.6) is 0 Å². The molecule has 0 saturated carbocycles. The molecule has 1 aromatic heterocycles. The maximum absolute atomic E-state index is 6.01. The highest BCUT2D eigenvalue weighted by Gasteiger charge is 2.21. The molecule has 4 nitrogen and oxygen atoms in total. The summed E-state index contributed by atoms with van der Waals surface area (Å²) in [5.74, 6) is 0.815. The highest BCUT2D eigenvalue weighted by molar-refractivity contribution is 6.32. The van der Waals surface area contributed by atoms with Crippen molar-refractivity contribution >= 4 is 17.4 Å². The molecule has 1 unspecified atom stereocenters. The van der Waals surface area contributed by atoms with Gasteiger partial charge in [-0.05, 0) is 13.0 Å². The van der Waals surface area contributed by atoms with Crippen molar-refractivity contribution in [3.05, 3.63) is 17.5 Å². The molecule has 1 fully saturated rings. The SMILES string of the molecule is CN(c1ncncc1Cl)C1CCNC1. The normalized spacial score (nSPS) is 21.1. The van der Waals surface area contributed by atoms with Gasteiger partial charge in [-0.25, -0.2) is 9.97 Å². The Balaban J connectivity index is 2.17. The van der Waals surface area contributed by atoms with Gasteiger partial charge in [-0.2, -0.15) is 0 Å². The van der Waals surface area contributed by atoms with Gasteiger partial charge in [-0.15, -0.1) is 0 Å². The highest BCUT2D eigenvalue weighted by Crippen LogP contribution is 2.23. The molecule has 0 bridgehead atoms. The molecule has 5 heteroatoms. The second-order valence-electron chi connectivity index (χ2n) is 3.45. The van der Waals surface area contributed by atoms with Gasteiger partial charge in [0.25, 0.3) is 0 Å². The molecule has 0 spiro atoms. The van der Waals surface area contributed by atoms with E-state index < -0.39 is 0 Å². The molecule has 1 saturated heterocycles. The Morgan fingerprint density at radius 2 is 2.50 bits per heavy atom. The summed E-state index contributed by atoms with van der Waals surface area (Å²) in [6.45, 7) is 2.06.